The molecular weight excluding hydrogens is 352 g/mol. The minimum atomic E-state index is -1.37. The normalized spacial score (nSPS) is 18.0. The van der Waals surface area contributed by atoms with Gasteiger partial charge >= 0.3 is 0 Å². The van der Waals surface area contributed by atoms with E-state index in [-0.39, 0.29) is 29.7 Å². The van der Waals surface area contributed by atoms with Crippen molar-refractivity contribution >= 4 is 17.3 Å². The molecule has 2 rings (SSSR count). The Morgan fingerprint density at radius 1 is 0.929 bits per heavy atom. The van der Waals surface area contributed by atoms with Crippen molar-refractivity contribution in [3.05, 3.63) is 76.1 Å². The van der Waals surface area contributed by atoms with Gasteiger partial charge in [-0.15, -0.1) is 0 Å². The fourth-order valence-corrected chi connectivity index (χ4v) is 3.27. The van der Waals surface area contributed by atoms with Crippen molar-refractivity contribution in [2.24, 2.45) is 5.41 Å². The van der Waals surface area contributed by atoms with Crippen LogP contribution in [-0.2, 0) is 9.59 Å². The van der Waals surface area contributed by atoms with E-state index in [0.29, 0.717) is 5.56 Å². The Labute approximate surface area is 166 Å². The lowest BCUT2D eigenvalue weighted by Gasteiger charge is -2.34. The molecule has 0 atom stereocenters. The largest absolute Gasteiger partial charge is 0.507 e. The van der Waals surface area contributed by atoms with E-state index in [9.17, 15) is 19.8 Å². The molecule has 2 N–H and O–H groups in total. The van der Waals surface area contributed by atoms with Crippen LogP contribution in [0.5, 0.6) is 0 Å². The van der Waals surface area contributed by atoms with Gasteiger partial charge in [-0.05, 0) is 47.5 Å². The average molecular weight is 380 g/mol. The minimum absolute atomic E-state index is 0.0985. The monoisotopic (exact) mass is 380 g/mol. The molecule has 0 radical (unpaired) electrons. The summed E-state index contributed by atoms with van der Waals surface area (Å²) in [6, 6.07) is 8.57. The molecule has 148 valence electrons. The molecule has 0 spiro atoms. The van der Waals surface area contributed by atoms with Gasteiger partial charge in [-0.3, -0.25) is 9.59 Å². The summed E-state index contributed by atoms with van der Waals surface area (Å²) < 4.78 is 0. The number of allylic oxidation sites excluding steroid dienone is 6. The van der Waals surface area contributed by atoms with Crippen LogP contribution in [0.2, 0.25) is 0 Å². The third-order valence-corrected chi connectivity index (χ3v) is 5.03. The first kappa shape index (κ1) is 21.4. The van der Waals surface area contributed by atoms with Crippen molar-refractivity contribution in [1.29, 1.82) is 0 Å². The highest BCUT2D eigenvalue weighted by Crippen LogP contribution is 2.44. The zero-order valence-electron chi connectivity index (χ0n) is 17.2. The van der Waals surface area contributed by atoms with E-state index in [1.54, 1.807) is 30.3 Å². The molecule has 0 aliphatic heterocycles. The second kappa shape index (κ2) is 8.42. The molecular formula is C24H28O4. The number of aliphatic hydroxyl groups is 2. The number of hydrogen-bond donors (Lipinski definition) is 2. The van der Waals surface area contributed by atoms with E-state index in [1.165, 1.54) is 6.92 Å². The Bertz CT molecular complexity index is 883. The summed E-state index contributed by atoms with van der Waals surface area (Å²) in [7, 11) is 0. The van der Waals surface area contributed by atoms with Crippen molar-refractivity contribution in [1.82, 2.24) is 0 Å². The zero-order chi connectivity index (χ0) is 21.1. The van der Waals surface area contributed by atoms with E-state index in [4.69, 9.17) is 0 Å². The van der Waals surface area contributed by atoms with Gasteiger partial charge in [-0.2, -0.15) is 0 Å². The molecule has 0 heterocycles. The topological polar surface area (TPSA) is 74.6 Å². The van der Waals surface area contributed by atoms with Crippen LogP contribution in [0.1, 0.15) is 53.0 Å². The predicted molar refractivity (Wildman–Crippen MR) is 112 cm³/mol. The van der Waals surface area contributed by atoms with E-state index < -0.39 is 22.7 Å². The van der Waals surface area contributed by atoms with Crippen LogP contribution in [0.25, 0.3) is 5.76 Å². The van der Waals surface area contributed by atoms with Crippen LogP contribution in [-0.4, -0.2) is 21.8 Å². The molecule has 4 heteroatoms. The SMILES string of the molecule is CC(C)=CCC1(CC=C(C)C)C(=O)C(C)=C(O)/C(=C(/O)c2ccccc2)C1=O. The van der Waals surface area contributed by atoms with E-state index in [0.717, 1.165) is 11.1 Å². The summed E-state index contributed by atoms with van der Waals surface area (Å²) in [5, 5.41) is 21.4. The molecule has 28 heavy (non-hydrogen) atoms. The summed E-state index contributed by atoms with van der Waals surface area (Å²) in [6.07, 6.45) is 4.16. The molecule has 0 amide bonds. The second-order valence-corrected chi connectivity index (χ2v) is 7.77. The first-order valence-electron chi connectivity index (χ1n) is 9.37. The average Bonchev–Trinajstić information content (AvgIpc) is 2.66. The Hall–Kier alpha value is -2.88. The van der Waals surface area contributed by atoms with Gasteiger partial charge in [0.1, 0.15) is 22.5 Å². The maximum atomic E-state index is 13.6. The van der Waals surface area contributed by atoms with Crippen molar-refractivity contribution in [2.75, 3.05) is 0 Å². The van der Waals surface area contributed by atoms with Gasteiger partial charge in [-0.25, -0.2) is 0 Å². The van der Waals surface area contributed by atoms with Crippen LogP contribution in [0.3, 0.4) is 0 Å². The second-order valence-electron chi connectivity index (χ2n) is 7.77. The number of benzene rings is 1. The molecule has 1 aromatic rings. The van der Waals surface area contributed by atoms with E-state index >= 15 is 0 Å². The molecule has 1 aliphatic carbocycles. The summed E-state index contributed by atoms with van der Waals surface area (Å²) in [4.78, 5) is 26.8. The Kier molecular flexibility index (Phi) is 6.45. The number of ketones is 2. The first-order chi connectivity index (χ1) is 13.1. The molecule has 4 nitrogen and oxygen atoms in total. The lowest BCUT2D eigenvalue weighted by molar-refractivity contribution is -0.137. The third-order valence-electron chi connectivity index (χ3n) is 5.03. The lowest BCUT2D eigenvalue weighted by Crippen LogP contribution is -2.44. The van der Waals surface area contributed by atoms with E-state index in [1.807, 2.05) is 39.8 Å². The maximum Gasteiger partial charge on any atom is 0.184 e. The highest BCUT2D eigenvalue weighted by molar-refractivity contribution is 6.26. The molecule has 0 fully saturated rings. The fraction of sp³-hybridized carbons (Fsp3) is 0.333. The number of aliphatic hydroxyl groups excluding tert-OH is 2. The molecule has 1 aliphatic rings. The Morgan fingerprint density at radius 3 is 1.89 bits per heavy atom. The molecule has 0 saturated heterocycles. The third kappa shape index (κ3) is 4.01. The van der Waals surface area contributed by atoms with Crippen molar-refractivity contribution in [3.8, 4) is 0 Å². The fourth-order valence-electron chi connectivity index (χ4n) is 3.27. The molecule has 0 bridgehead atoms. The number of hydrogen-bond acceptors (Lipinski definition) is 4. The van der Waals surface area contributed by atoms with Gasteiger partial charge in [0.25, 0.3) is 0 Å². The Morgan fingerprint density at radius 2 is 1.43 bits per heavy atom. The summed E-state index contributed by atoms with van der Waals surface area (Å²) >= 11 is 0. The smallest absolute Gasteiger partial charge is 0.184 e. The Balaban J connectivity index is 2.77. The highest BCUT2D eigenvalue weighted by Gasteiger charge is 2.51. The number of rotatable bonds is 5. The first-order valence-corrected chi connectivity index (χ1v) is 9.37. The van der Waals surface area contributed by atoms with Gasteiger partial charge in [0.05, 0.1) is 0 Å². The van der Waals surface area contributed by atoms with Gasteiger partial charge < -0.3 is 10.2 Å². The highest BCUT2D eigenvalue weighted by atomic mass is 16.3. The minimum Gasteiger partial charge on any atom is -0.507 e. The van der Waals surface area contributed by atoms with Crippen LogP contribution in [0.15, 0.2) is 70.5 Å². The van der Waals surface area contributed by atoms with Gasteiger partial charge in [0.2, 0.25) is 0 Å². The maximum absolute atomic E-state index is 13.6. The number of carbonyl (C=O) groups is 2. The number of carbonyl (C=O) groups excluding carboxylic acids is 2. The van der Waals surface area contributed by atoms with Gasteiger partial charge in [0, 0.05) is 11.1 Å². The van der Waals surface area contributed by atoms with Gasteiger partial charge in [-0.1, -0.05) is 53.6 Å². The summed E-state index contributed by atoms with van der Waals surface area (Å²) in [6.45, 7) is 9.13. The molecule has 0 aromatic heterocycles. The van der Waals surface area contributed by atoms with Crippen molar-refractivity contribution in [3.63, 3.8) is 0 Å². The summed E-state index contributed by atoms with van der Waals surface area (Å²) in [5.41, 5.74) is 0.938. The van der Waals surface area contributed by atoms with Crippen LogP contribution in [0.4, 0.5) is 0 Å². The zero-order valence-corrected chi connectivity index (χ0v) is 17.2. The van der Waals surface area contributed by atoms with Crippen LogP contribution in [0, 0.1) is 5.41 Å². The van der Waals surface area contributed by atoms with E-state index in [2.05, 4.69) is 0 Å². The van der Waals surface area contributed by atoms with Gasteiger partial charge in [0.15, 0.2) is 11.6 Å². The predicted octanol–water partition coefficient (Wildman–Crippen LogP) is 5.64. The van der Waals surface area contributed by atoms with Crippen LogP contribution < -0.4 is 0 Å². The number of Topliss-reactive ketones (excluding diaryl/α,β-unsaturated/α-hetero) is 2. The standard InChI is InChI=1S/C24H28O4/c1-15(2)11-13-24(14-12-16(3)4)22(27)17(5)20(25)19(23(24)28)21(26)18-9-7-6-8-10-18/h6-12,25-26H,13-14H2,1-5H3/b21-19-. The lowest BCUT2D eigenvalue weighted by atomic mass is 9.65. The van der Waals surface area contributed by atoms with Crippen molar-refractivity contribution < 1.29 is 19.8 Å². The molecule has 1 aromatic carbocycles. The molecule has 0 saturated carbocycles. The molecule has 0 unspecified atom stereocenters. The summed E-state index contributed by atoms with van der Waals surface area (Å²) in [5.74, 6) is -1.69. The quantitative estimate of drug-likeness (QED) is 0.300. The van der Waals surface area contributed by atoms with Crippen LogP contribution >= 0.6 is 0 Å². The van der Waals surface area contributed by atoms with Crippen molar-refractivity contribution in [2.45, 2.75) is 47.5 Å².